The van der Waals surface area contributed by atoms with E-state index in [0.29, 0.717) is 0 Å². The van der Waals surface area contributed by atoms with Gasteiger partial charge in [0, 0.05) is 31.4 Å². The lowest BCUT2D eigenvalue weighted by Gasteiger charge is -2.10. The third kappa shape index (κ3) is 2.65. The van der Waals surface area contributed by atoms with Gasteiger partial charge in [-0.15, -0.1) is 0 Å². The van der Waals surface area contributed by atoms with Crippen LogP contribution in [0.25, 0.3) is 22.5 Å². The smallest absolute Gasteiger partial charge is 0.128 e. The number of hydrogen-bond acceptors (Lipinski definition) is 4. The molecule has 0 aliphatic heterocycles. The quantitative estimate of drug-likeness (QED) is 0.802. The maximum Gasteiger partial charge on any atom is 0.128 e. The molecule has 1 N–H and O–H groups in total. The largest absolute Gasteiger partial charge is 0.496 e. The molecule has 0 aliphatic carbocycles. The van der Waals surface area contributed by atoms with Crippen molar-refractivity contribution in [2.24, 2.45) is 0 Å². The molecule has 1 aromatic carbocycles. The van der Waals surface area contributed by atoms with Crippen molar-refractivity contribution in [2.45, 2.75) is 0 Å². The summed E-state index contributed by atoms with van der Waals surface area (Å²) in [5.74, 6) is 1.74. The molecule has 2 heterocycles. The number of nitrogens with zero attached hydrogens (tertiary/aromatic N) is 3. The SMILES string of the molecule is COc1ccccc1-c1cc(-c2ccc(N(C)C)nc2)n[nH]1. The van der Waals surface area contributed by atoms with Crippen LogP contribution in [0.1, 0.15) is 0 Å². The molecule has 22 heavy (non-hydrogen) atoms. The summed E-state index contributed by atoms with van der Waals surface area (Å²) in [4.78, 5) is 6.38. The van der Waals surface area contributed by atoms with Gasteiger partial charge in [-0.1, -0.05) is 12.1 Å². The Morgan fingerprint density at radius 2 is 1.91 bits per heavy atom. The standard InChI is InChI=1S/C17H18N4O/c1-21(2)17-9-8-12(11-18-17)14-10-15(20-19-14)13-6-4-5-7-16(13)22-3/h4-11H,1-3H3,(H,19,20). The van der Waals surface area contributed by atoms with Crippen molar-refractivity contribution >= 4 is 5.82 Å². The summed E-state index contributed by atoms with van der Waals surface area (Å²) in [5, 5.41) is 7.44. The maximum atomic E-state index is 5.39. The fourth-order valence-electron chi connectivity index (χ4n) is 2.28. The fourth-order valence-corrected chi connectivity index (χ4v) is 2.28. The average Bonchev–Trinajstić information content (AvgIpc) is 3.04. The van der Waals surface area contributed by atoms with E-state index in [4.69, 9.17) is 4.74 Å². The number of aromatic nitrogens is 3. The Balaban J connectivity index is 1.93. The van der Waals surface area contributed by atoms with Gasteiger partial charge in [-0.3, -0.25) is 5.10 Å². The second-order valence-electron chi connectivity index (χ2n) is 5.17. The number of para-hydroxylation sites is 1. The highest BCUT2D eigenvalue weighted by Gasteiger charge is 2.10. The van der Waals surface area contributed by atoms with Crippen LogP contribution in [0.5, 0.6) is 5.75 Å². The van der Waals surface area contributed by atoms with Crippen molar-refractivity contribution in [1.29, 1.82) is 0 Å². The van der Waals surface area contributed by atoms with Gasteiger partial charge in [-0.2, -0.15) is 5.10 Å². The predicted octanol–water partition coefficient (Wildman–Crippen LogP) is 3.21. The first-order chi connectivity index (χ1) is 10.7. The summed E-state index contributed by atoms with van der Waals surface area (Å²) in [6.07, 6.45) is 1.83. The molecule has 0 bridgehead atoms. The van der Waals surface area contributed by atoms with Crippen LogP contribution in [0.4, 0.5) is 5.82 Å². The third-order valence-electron chi connectivity index (χ3n) is 3.48. The van der Waals surface area contributed by atoms with Crippen molar-refractivity contribution in [1.82, 2.24) is 15.2 Å². The van der Waals surface area contributed by atoms with Gasteiger partial charge in [-0.25, -0.2) is 4.98 Å². The van der Waals surface area contributed by atoms with Crippen LogP contribution in [0.3, 0.4) is 0 Å². The Morgan fingerprint density at radius 3 is 2.59 bits per heavy atom. The van der Waals surface area contributed by atoms with Gasteiger partial charge in [0.25, 0.3) is 0 Å². The zero-order valence-corrected chi connectivity index (χ0v) is 12.9. The maximum absolute atomic E-state index is 5.39. The number of rotatable bonds is 4. The molecule has 0 amide bonds. The summed E-state index contributed by atoms with van der Waals surface area (Å²) >= 11 is 0. The van der Waals surface area contributed by atoms with Crippen LogP contribution in [-0.2, 0) is 0 Å². The zero-order valence-electron chi connectivity index (χ0n) is 12.9. The minimum Gasteiger partial charge on any atom is -0.496 e. The number of benzene rings is 1. The molecule has 3 rings (SSSR count). The second kappa shape index (κ2) is 5.89. The molecule has 0 atom stereocenters. The van der Waals surface area contributed by atoms with Crippen LogP contribution in [0, 0.1) is 0 Å². The number of anilines is 1. The van der Waals surface area contributed by atoms with Crippen molar-refractivity contribution in [3.8, 4) is 28.3 Å². The van der Waals surface area contributed by atoms with Crippen molar-refractivity contribution in [2.75, 3.05) is 26.1 Å². The minimum atomic E-state index is 0.818. The molecule has 3 aromatic rings. The third-order valence-corrected chi connectivity index (χ3v) is 3.48. The van der Waals surface area contributed by atoms with E-state index in [1.54, 1.807) is 7.11 Å². The summed E-state index contributed by atoms with van der Waals surface area (Å²) in [5.41, 5.74) is 3.74. The van der Waals surface area contributed by atoms with Crippen molar-refractivity contribution in [3.05, 3.63) is 48.7 Å². The molecule has 5 nitrogen and oxygen atoms in total. The predicted molar refractivity (Wildman–Crippen MR) is 88.1 cm³/mol. The molecule has 2 aromatic heterocycles. The van der Waals surface area contributed by atoms with Gasteiger partial charge >= 0.3 is 0 Å². The van der Waals surface area contributed by atoms with E-state index >= 15 is 0 Å². The first-order valence-corrected chi connectivity index (χ1v) is 7.01. The molecule has 0 fully saturated rings. The van der Waals surface area contributed by atoms with Gasteiger partial charge in [0.1, 0.15) is 11.6 Å². The molecular formula is C17H18N4O. The molecule has 5 heteroatoms. The lowest BCUT2D eigenvalue weighted by Crippen LogP contribution is -2.09. The van der Waals surface area contributed by atoms with E-state index < -0.39 is 0 Å². The van der Waals surface area contributed by atoms with E-state index in [2.05, 4.69) is 15.2 Å². The molecule has 0 radical (unpaired) electrons. The Morgan fingerprint density at radius 1 is 1.09 bits per heavy atom. The number of pyridine rings is 1. The molecule has 0 aliphatic rings. The highest BCUT2D eigenvalue weighted by molar-refractivity contribution is 5.72. The number of ether oxygens (including phenoxy) is 1. The number of hydrogen-bond donors (Lipinski definition) is 1. The Labute approximate surface area is 129 Å². The fraction of sp³-hybridized carbons (Fsp3) is 0.176. The van der Waals surface area contributed by atoms with Gasteiger partial charge in [0.05, 0.1) is 18.5 Å². The average molecular weight is 294 g/mol. The van der Waals surface area contributed by atoms with Crippen LogP contribution >= 0.6 is 0 Å². The van der Waals surface area contributed by atoms with Gasteiger partial charge in [-0.05, 0) is 30.3 Å². The molecule has 0 saturated carbocycles. The van der Waals surface area contributed by atoms with Gasteiger partial charge in [0.15, 0.2) is 0 Å². The number of H-pyrrole nitrogens is 1. The first kappa shape index (κ1) is 14.1. The Bertz CT molecular complexity index is 762. The Kier molecular flexibility index (Phi) is 3.78. The van der Waals surface area contributed by atoms with Crippen LogP contribution in [0.15, 0.2) is 48.7 Å². The minimum absolute atomic E-state index is 0.818. The topological polar surface area (TPSA) is 54.0 Å². The highest BCUT2D eigenvalue weighted by atomic mass is 16.5. The molecule has 0 unspecified atom stereocenters. The van der Waals surface area contributed by atoms with E-state index in [-0.39, 0.29) is 0 Å². The van der Waals surface area contributed by atoms with Gasteiger partial charge < -0.3 is 9.64 Å². The van der Waals surface area contributed by atoms with E-state index in [0.717, 1.165) is 34.1 Å². The number of aromatic amines is 1. The molecule has 112 valence electrons. The van der Waals surface area contributed by atoms with Crippen molar-refractivity contribution < 1.29 is 4.74 Å². The summed E-state index contributed by atoms with van der Waals surface area (Å²) in [7, 11) is 5.60. The normalized spacial score (nSPS) is 10.5. The summed E-state index contributed by atoms with van der Waals surface area (Å²) in [6.45, 7) is 0. The highest BCUT2D eigenvalue weighted by Crippen LogP contribution is 2.30. The zero-order chi connectivity index (χ0) is 15.5. The molecule has 0 spiro atoms. The van der Waals surface area contributed by atoms with Crippen LogP contribution in [0.2, 0.25) is 0 Å². The van der Waals surface area contributed by atoms with Crippen LogP contribution < -0.4 is 9.64 Å². The summed E-state index contributed by atoms with van der Waals surface area (Å²) in [6, 6.07) is 13.9. The first-order valence-electron chi connectivity index (χ1n) is 7.01. The second-order valence-corrected chi connectivity index (χ2v) is 5.17. The summed E-state index contributed by atoms with van der Waals surface area (Å²) < 4.78 is 5.39. The lowest BCUT2D eigenvalue weighted by molar-refractivity contribution is 0.416. The van der Waals surface area contributed by atoms with Crippen LogP contribution in [-0.4, -0.2) is 36.4 Å². The van der Waals surface area contributed by atoms with Gasteiger partial charge in [0.2, 0.25) is 0 Å². The van der Waals surface area contributed by atoms with E-state index in [9.17, 15) is 0 Å². The van der Waals surface area contributed by atoms with Crippen molar-refractivity contribution in [3.63, 3.8) is 0 Å². The van der Waals surface area contributed by atoms with E-state index in [1.807, 2.05) is 67.7 Å². The Hall–Kier alpha value is -2.82. The molecular weight excluding hydrogens is 276 g/mol. The van der Waals surface area contributed by atoms with E-state index in [1.165, 1.54) is 0 Å². The number of methoxy groups -OCH3 is 1. The lowest BCUT2D eigenvalue weighted by atomic mass is 10.1. The monoisotopic (exact) mass is 294 g/mol. The number of nitrogens with one attached hydrogen (secondary N) is 1. The molecule has 0 saturated heterocycles.